The number of aliphatic hydroxyl groups excluding tert-OH is 1. The van der Waals surface area contributed by atoms with Gasteiger partial charge >= 0.3 is 41.0 Å². The van der Waals surface area contributed by atoms with E-state index >= 15 is 0 Å². The molecule has 7 N–H and O–H groups in total. The zero-order valence-corrected chi connectivity index (χ0v) is 34.3. The first-order chi connectivity index (χ1) is 28.1. The van der Waals surface area contributed by atoms with Crippen LogP contribution in [0, 0.1) is 20.8 Å². The standard InChI is InChI=1S/C30H39N6O21P3/c1-13-7-34(28(41)31-25(13)38)22-4-16(37)19(53-22)11-51-59(46,47)57-18-6-24(36-9-15(3)27(40)33-30(36)43)55-21(18)12-52-60(48,49)56-17-5-23(54-20(17)10-50-58(44)45)35-8-14(2)26(39)32-29(35)42/h7-9,16-24,37H,4-6,10-12H2,1-3H3,(H5-,31,32,33,38,39,40,41,42,43,44,45,46,47,48,49)/p+1/t16-,17-,18-,19+,20+,21+,22+,23+,24+/m0/s1. The minimum Gasteiger partial charge on any atom is -0.390 e. The van der Waals surface area contributed by atoms with E-state index in [4.69, 9.17) is 36.8 Å². The van der Waals surface area contributed by atoms with Crippen LogP contribution in [0.4, 0.5) is 0 Å². The Balaban J connectivity index is 1.15. The highest BCUT2D eigenvalue weighted by molar-refractivity contribution is 7.47. The molecule has 27 nitrogen and oxygen atoms in total. The number of aromatic amines is 3. The predicted molar refractivity (Wildman–Crippen MR) is 197 cm³/mol. The second-order valence-corrected chi connectivity index (χ2v) is 17.5. The molecule has 6 rings (SSSR count). The van der Waals surface area contributed by atoms with Gasteiger partial charge < -0.3 is 29.1 Å². The Hall–Kier alpha value is -3.88. The smallest absolute Gasteiger partial charge is 0.390 e. The van der Waals surface area contributed by atoms with Crippen molar-refractivity contribution in [2.24, 2.45) is 0 Å². The van der Waals surface area contributed by atoms with E-state index in [1.807, 2.05) is 0 Å². The van der Waals surface area contributed by atoms with Crippen LogP contribution in [-0.2, 0) is 50.5 Å². The molecule has 0 saturated carbocycles. The Labute approximate surface area is 335 Å². The van der Waals surface area contributed by atoms with Crippen molar-refractivity contribution in [1.29, 1.82) is 0 Å². The number of aromatic nitrogens is 6. The van der Waals surface area contributed by atoms with Crippen molar-refractivity contribution in [3.8, 4) is 0 Å². The Kier molecular flexibility index (Phi) is 13.9. The van der Waals surface area contributed by atoms with Crippen LogP contribution in [0.15, 0.2) is 47.4 Å². The summed E-state index contributed by atoms with van der Waals surface area (Å²) in [4.78, 5) is 110. The highest BCUT2D eigenvalue weighted by atomic mass is 31.2. The number of hydrogen-bond donors (Lipinski definition) is 7. The van der Waals surface area contributed by atoms with Gasteiger partial charge in [0.05, 0.1) is 19.3 Å². The molecule has 0 amide bonds. The summed E-state index contributed by atoms with van der Waals surface area (Å²) in [7, 11) is -13.5. The van der Waals surface area contributed by atoms with Gasteiger partial charge in [0.15, 0.2) is 0 Å². The van der Waals surface area contributed by atoms with Crippen molar-refractivity contribution in [3.05, 3.63) is 97.8 Å². The number of ether oxygens (including phenoxy) is 3. The van der Waals surface area contributed by atoms with E-state index in [0.29, 0.717) is 0 Å². The second-order valence-electron chi connectivity index (χ2n) is 13.9. The molecule has 0 aliphatic carbocycles. The minimum atomic E-state index is -5.21. The normalized spacial score (nSPS) is 29.1. The number of rotatable bonds is 16. The van der Waals surface area contributed by atoms with Crippen LogP contribution in [0.5, 0.6) is 0 Å². The molecule has 60 heavy (non-hydrogen) atoms. The van der Waals surface area contributed by atoms with Crippen molar-refractivity contribution in [1.82, 2.24) is 28.7 Å². The lowest BCUT2D eigenvalue weighted by Crippen LogP contribution is -2.33. The number of hydrogen-bond acceptors (Lipinski definition) is 18. The van der Waals surface area contributed by atoms with Gasteiger partial charge in [0.25, 0.3) is 16.7 Å². The fraction of sp³-hybridized carbons (Fsp3) is 0.600. The molecular weight excluding hydrogens is 873 g/mol. The van der Waals surface area contributed by atoms with E-state index in [1.165, 1.54) is 27.0 Å². The fourth-order valence-electron chi connectivity index (χ4n) is 6.58. The Morgan fingerprint density at radius 1 is 0.650 bits per heavy atom. The van der Waals surface area contributed by atoms with Crippen molar-refractivity contribution in [3.63, 3.8) is 0 Å². The average Bonchev–Trinajstić information content (AvgIpc) is 3.86. The molecule has 0 aromatic carbocycles. The Bertz CT molecular complexity index is 2570. The molecule has 3 aromatic heterocycles. The van der Waals surface area contributed by atoms with Crippen LogP contribution in [-0.4, -0.2) is 105 Å². The molecule has 3 saturated heterocycles. The first-order valence-corrected chi connectivity index (χ1v) is 21.9. The van der Waals surface area contributed by atoms with Gasteiger partial charge in [-0.15, -0.1) is 9.42 Å². The molecule has 0 spiro atoms. The molecule has 3 unspecified atom stereocenters. The molecule has 3 aliphatic heterocycles. The van der Waals surface area contributed by atoms with Gasteiger partial charge in [-0.1, -0.05) is 0 Å². The molecule has 30 heteroatoms. The van der Waals surface area contributed by atoms with Crippen LogP contribution < -0.4 is 33.7 Å². The lowest BCUT2D eigenvalue weighted by atomic mass is 10.2. The summed E-state index contributed by atoms with van der Waals surface area (Å²) in [5, 5.41) is 10.6. The van der Waals surface area contributed by atoms with E-state index in [9.17, 15) is 62.2 Å². The number of aliphatic hydroxyl groups is 1. The van der Waals surface area contributed by atoms with Crippen molar-refractivity contribution < 1.29 is 70.3 Å². The maximum Gasteiger partial charge on any atom is 0.694 e. The zero-order chi connectivity index (χ0) is 43.8. The monoisotopic (exact) mass is 913 g/mol. The molecule has 3 aliphatic rings. The Morgan fingerprint density at radius 3 is 1.40 bits per heavy atom. The van der Waals surface area contributed by atoms with E-state index in [-0.39, 0.29) is 29.5 Å². The van der Waals surface area contributed by atoms with Gasteiger partial charge in [0.1, 0.15) is 55.8 Å². The highest BCUT2D eigenvalue weighted by Crippen LogP contribution is 2.52. The van der Waals surface area contributed by atoms with Gasteiger partial charge in [-0.2, -0.15) is 0 Å². The molecule has 3 fully saturated rings. The number of nitrogens with zero attached hydrogens (tertiary/aromatic N) is 3. The SMILES string of the molecule is Cc1cn([C@H]2C[C@H](OP(=O)(O)OC[C@H]3O[C@@H](n4cc(C)c(=O)[nH]c4=O)C[C@@H]3OP(=O)(O)OC[C@H]3O[C@@H](n4cc(C)c(=O)[nH]c4=O)C[C@@H]3O)[C@@H](CO[P+](=O)O)O2)c(=O)[nH]c1=O. The van der Waals surface area contributed by atoms with Crippen LogP contribution in [0.1, 0.15) is 54.6 Å². The van der Waals surface area contributed by atoms with Crippen LogP contribution >= 0.6 is 23.9 Å². The average molecular weight is 914 g/mol. The predicted octanol–water partition coefficient (Wildman–Crippen LogP) is -1.54. The number of phosphoric ester groups is 2. The first-order valence-electron chi connectivity index (χ1n) is 17.8. The van der Waals surface area contributed by atoms with Crippen LogP contribution in [0.2, 0.25) is 0 Å². The topological polar surface area (TPSA) is 371 Å². The van der Waals surface area contributed by atoms with E-state index in [0.717, 1.165) is 26.1 Å². The van der Waals surface area contributed by atoms with Gasteiger partial charge in [-0.05, 0) is 20.8 Å². The summed E-state index contributed by atoms with van der Waals surface area (Å²) in [5.41, 5.74) is -4.32. The summed E-state index contributed by atoms with van der Waals surface area (Å²) in [6, 6.07) is 0. The molecule has 12 atom stereocenters. The molecule has 0 radical (unpaired) electrons. The molecule has 6 heterocycles. The number of phosphoric acid groups is 2. The third-order valence-electron chi connectivity index (χ3n) is 9.62. The zero-order valence-electron chi connectivity index (χ0n) is 31.6. The van der Waals surface area contributed by atoms with Crippen molar-refractivity contribution in [2.45, 2.75) is 95.3 Å². The van der Waals surface area contributed by atoms with Crippen molar-refractivity contribution in [2.75, 3.05) is 19.8 Å². The summed E-state index contributed by atoms with van der Waals surface area (Å²) in [6.07, 6.45) is -9.51. The van der Waals surface area contributed by atoms with Gasteiger partial charge in [-0.25, -0.2) is 23.5 Å². The maximum atomic E-state index is 13.4. The molecular formula is C30H40N6O21P3+. The van der Waals surface area contributed by atoms with Gasteiger partial charge in [-0.3, -0.25) is 61.1 Å². The first kappa shape index (κ1) is 45.6. The quantitative estimate of drug-likeness (QED) is 0.0800. The summed E-state index contributed by atoms with van der Waals surface area (Å²) in [5.74, 6) is 0. The second kappa shape index (κ2) is 18.2. The van der Waals surface area contributed by atoms with Crippen LogP contribution in [0.3, 0.4) is 0 Å². The van der Waals surface area contributed by atoms with E-state index in [1.54, 1.807) is 0 Å². The van der Waals surface area contributed by atoms with Crippen LogP contribution in [0.25, 0.3) is 0 Å². The lowest BCUT2D eigenvalue weighted by Gasteiger charge is -2.24. The number of nitrogens with one attached hydrogen (secondary N) is 3. The summed E-state index contributed by atoms with van der Waals surface area (Å²) >= 11 is 0. The largest absolute Gasteiger partial charge is 0.694 e. The maximum absolute atomic E-state index is 13.4. The van der Waals surface area contributed by atoms with E-state index in [2.05, 4.69) is 15.0 Å². The lowest BCUT2D eigenvalue weighted by molar-refractivity contribution is -0.0611. The van der Waals surface area contributed by atoms with Crippen molar-refractivity contribution >= 4 is 23.9 Å². The Morgan fingerprint density at radius 2 is 1.00 bits per heavy atom. The minimum absolute atomic E-state index is 0.0770. The van der Waals surface area contributed by atoms with Gasteiger partial charge in [0, 0.05) is 59.1 Å². The summed E-state index contributed by atoms with van der Waals surface area (Å²) < 4.78 is 83.8. The number of H-pyrrole nitrogens is 3. The van der Waals surface area contributed by atoms with Gasteiger partial charge in [0.2, 0.25) is 0 Å². The van der Waals surface area contributed by atoms with E-state index < -0.39 is 139 Å². The third kappa shape index (κ3) is 10.8. The molecule has 330 valence electrons. The third-order valence-corrected chi connectivity index (χ3v) is 12.0. The highest BCUT2D eigenvalue weighted by Gasteiger charge is 2.47. The molecule has 0 bridgehead atoms. The fourth-order valence-corrected chi connectivity index (χ4v) is 8.77. The summed E-state index contributed by atoms with van der Waals surface area (Å²) in [6.45, 7) is 1.88. The number of aryl methyl sites for hydroxylation is 3. The molecule has 3 aromatic rings.